The summed E-state index contributed by atoms with van der Waals surface area (Å²) in [5.74, 6) is 0. The van der Waals surface area contributed by atoms with Crippen molar-refractivity contribution < 1.29 is 0 Å². The van der Waals surface area contributed by atoms with Crippen LogP contribution >= 0.6 is 0 Å². The molecule has 0 aromatic carbocycles. The highest BCUT2D eigenvalue weighted by atomic mass is 16.1. The van der Waals surface area contributed by atoms with Gasteiger partial charge >= 0.3 is 0 Å². The molecule has 1 unspecified atom stereocenters. The van der Waals surface area contributed by atoms with E-state index in [9.17, 15) is 4.79 Å². The van der Waals surface area contributed by atoms with Gasteiger partial charge in [-0.3, -0.25) is 4.79 Å². The number of nitrogens with one attached hydrogen (secondary N) is 1. The SMILES string of the molecule is CCC(C)NCCn1nnc2c(cnn2C)c1=O. The quantitative estimate of drug-likeness (QED) is 0.802. The Hall–Kier alpha value is -1.76. The van der Waals surface area contributed by atoms with Gasteiger partial charge in [-0.1, -0.05) is 12.1 Å². The molecule has 2 rings (SSSR count). The average Bonchev–Trinajstić information content (AvgIpc) is 2.74. The molecule has 98 valence electrons. The lowest BCUT2D eigenvalue weighted by Gasteiger charge is -2.10. The maximum atomic E-state index is 12.1. The molecule has 0 saturated carbocycles. The zero-order valence-electron chi connectivity index (χ0n) is 10.9. The molecule has 0 saturated heterocycles. The number of rotatable bonds is 5. The first-order chi connectivity index (χ1) is 8.63. The Morgan fingerprint density at radius 2 is 2.28 bits per heavy atom. The number of hydrogen-bond acceptors (Lipinski definition) is 5. The zero-order chi connectivity index (χ0) is 13.1. The summed E-state index contributed by atoms with van der Waals surface area (Å²) in [7, 11) is 1.74. The lowest BCUT2D eigenvalue weighted by molar-refractivity contribution is 0.467. The maximum absolute atomic E-state index is 12.1. The fourth-order valence-electron chi connectivity index (χ4n) is 1.68. The zero-order valence-corrected chi connectivity index (χ0v) is 10.9. The Morgan fingerprint density at radius 1 is 1.50 bits per heavy atom. The largest absolute Gasteiger partial charge is 0.312 e. The number of aryl methyl sites for hydroxylation is 1. The Morgan fingerprint density at radius 3 is 3.00 bits per heavy atom. The predicted molar refractivity (Wildman–Crippen MR) is 68.3 cm³/mol. The van der Waals surface area contributed by atoms with Gasteiger partial charge in [-0.15, -0.1) is 5.10 Å². The molecule has 2 heterocycles. The second-order valence-electron chi connectivity index (χ2n) is 4.39. The third-order valence-corrected chi connectivity index (χ3v) is 3.05. The minimum Gasteiger partial charge on any atom is -0.312 e. The maximum Gasteiger partial charge on any atom is 0.280 e. The van der Waals surface area contributed by atoms with Crippen molar-refractivity contribution >= 4 is 11.0 Å². The van der Waals surface area contributed by atoms with Gasteiger partial charge in [0, 0.05) is 19.6 Å². The molecule has 18 heavy (non-hydrogen) atoms. The normalized spacial score (nSPS) is 13.1. The molecule has 0 aliphatic heterocycles. The van der Waals surface area contributed by atoms with E-state index in [1.54, 1.807) is 11.7 Å². The molecule has 0 aliphatic carbocycles. The van der Waals surface area contributed by atoms with Crippen molar-refractivity contribution in [3.63, 3.8) is 0 Å². The Bertz CT molecular complexity index is 587. The summed E-state index contributed by atoms with van der Waals surface area (Å²) in [6, 6.07) is 0.441. The standard InChI is InChI=1S/C11H18N6O/c1-4-8(2)12-5-6-17-11(18)9-7-13-16(3)10(9)14-15-17/h7-8,12H,4-6H2,1-3H3. The highest BCUT2D eigenvalue weighted by Gasteiger charge is 2.09. The lowest BCUT2D eigenvalue weighted by atomic mass is 10.3. The van der Waals surface area contributed by atoms with E-state index in [1.165, 1.54) is 10.9 Å². The molecule has 0 spiro atoms. The number of aromatic nitrogens is 5. The molecule has 7 heteroatoms. The van der Waals surface area contributed by atoms with Crippen molar-refractivity contribution in [2.45, 2.75) is 32.9 Å². The number of nitrogens with zero attached hydrogens (tertiary/aromatic N) is 5. The smallest absolute Gasteiger partial charge is 0.280 e. The van der Waals surface area contributed by atoms with Gasteiger partial charge in [0.05, 0.1) is 12.7 Å². The fourth-order valence-corrected chi connectivity index (χ4v) is 1.68. The molecule has 0 bridgehead atoms. The molecular weight excluding hydrogens is 232 g/mol. The van der Waals surface area contributed by atoms with Crippen LogP contribution in [0.1, 0.15) is 20.3 Å². The van der Waals surface area contributed by atoms with Crippen LogP contribution in [0, 0.1) is 0 Å². The van der Waals surface area contributed by atoms with Gasteiger partial charge in [-0.25, -0.2) is 9.36 Å². The van der Waals surface area contributed by atoms with Crippen molar-refractivity contribution in [1.82, 2.24) is 30.1 Å². The summed E-state index contributed by atoms with van der Waals surface area (Å²) >= 11 is 0. The third kappa shape index (κ3) is 2.40. The Balaban J connectivity index is 2.15. The summed E-state index contributed by atoms with van der Waals surface area (Å²) in [6.45, 7) is 5.44. The minimum atomic E-state index is -0.140. The van der Waals surface area contributed by atoms with Crippen molar-refractivity contribution in [3.8, 4) is 0 Å². The van der Waals surface area contributed by atoms with Crippen molar-refractivity contribution in [2.24, 2.45) is 7.05 Å². The van der Waals surface area contributed by atoms with Gasteiger partial charge < -0.3 is 5.32 Å². The van der Waals surface area contributed by atoms with Crippen molar-refractivity contribution in [1.29, 1.82) is 0 Å². The van der Waals surface area contributed by atoms with E-state index >= 15 is 0 Å². The van der Waals surface area contributed by atoms with Gasteiger partial charge in [-0.05, 0) is 13.3 Å². The van der Waals surface area contributed by atoms with Crippen molar-refractivity contribution in [3.05, 3.63) is 16.6 Å². The summed E-state index contributed by atoms with van der Waals surface area (Å²) in [5, 5.41) is 15.7. The van der Waals surface area contributed by atoms with E-state index in [0.717, 1.165) is 6.42 Å². The highest BCUT2D eigenvalue weighted by molar-refractivity contribution is 5.72. The summed E-state index contributed by atoms with van der Waals surface area (Å²) < 4.78 is 2.92. The molecule has 0 fully saturated rings. The lowest BCUT2D eigenvalue weighted by Crippen LogP contribution is -2.33. The average molecular weight is 250 g/mol. The Labute approximate surface area is 105 Å². The predicted octanol–water partition coefficient (Wildman–Crippen LogP) is -0.0869. The van der Waals surface area contributed by atoms with E-state index in [2.05, 4.69) is 34.6 Å². The van der Waals surface area contributed by atoms with E-state index in [-0.39, 0.29) is 5.56 Å². The van der Waals surface area contributed by atoms with Crippen molar-refractivity contribution in [2.75, 3.05) is 6.54 Å². The van der Waals surface area contributed by atoms with Crippen LogP contribution in [-0.2, 0) is 13.6 Å². The van der Waals surface area contributed by atoms with Crippen LogP contribution in [0.4, 0.5) is 0 Å². The van der Waals surface area contributed by atoms with Crippen LogP contribution in [0.15, 0.2) is 11.0 Å². The van der Waals surface area contributed by atoms with Crippen LogP contribution in [0.3, 0.4) is 0 Å². The fraction of sp³-hybridized carbons (Fsp3) is 0.636. The monoisotopic (exact) mass is 250 g/mol. The first kappa shape index (κ1) is 12.7. The van der Waals surface area contributed by atoms with E-state index in [1.807, 2.05) is 0 Å². The van der Waals surface area contributed by atoms with E-state index in [4.69, 9.17) is 0 Å². The number of fused-ring (bicyclic) bond motifs is 1. The van der Waals surface area contributed by atoms with Crippen LogP contribution in [0.5, 0.6) is 0 Å². The molecule has 0 amide bonds. The second kappa shape index (κ2) is 5.26. The van der Waals surface area contributed by atoms with Gasteiger partial charge in [0.2, 0.25) is 0 Å². The first-order valence-corrected chi connectivity index (χ1v) is 6.12. The molecule has 2 aromatic rings. The minimum absolute atomic E-state index is 0.140. The molecule has 0 aliphatic rings. The molecule has 2 aromatic heterocycles. The molecular formula is C11H18N6O. The molecule has 7 nitrogen and oxygen atoms in total. The van der Waals surface area contributed by atoms with E-state index in [0.29, 0.717) is 30.2 Å². The van der Waals surface area contributed by atoms with Gasteiger partial charge in [0.1, 0.15) is 5.39 Å². The second-order valence-corrected chi connectivity index (χ2v) is 4.39. The van der Waals surface area contributed by atoms with Gasteiger partial charge in [-0.2, -0.15) is 5.10 Å². The van der Waals surface area contributed by atoms with Crippen LogP contribution in [0.2, 0.25) is 0 Å². The number of hydrogen-bond donors (Lipinski definition) is 1. The summed E-state index contributed by atoms with van der Waals surface area (Å²) in [4.78, 5) is 12.1. The Kier molecular flexibility index (Phi) is 3.71. The third-order valence-electron chi connectivity index (χ3n) is 3.05. The van der Waals surface area contributed by atoms with Crippen LogP contribution < -0.4 is 10.9 Å². The first-order valence-electron chi connectivity index (χ1n) is 6.12. The van der Waals surface area contributed by atoms with Gasteiger partial charge in [0.15, 0.2) is 5.65 Å². The highest BCUT2D eigenvalue weighted by Crippen LogP contribution is 2.01. The van der Waals surface area contributed by atoms with Crippen LogP contribution in [0.25, 0.3) is 11.0 Å². The van der Waals surface area contributed by atoms with Gasteiger partial charge in [0.25, 0.3) is 5.56 Å². The molecule has 0 radical (unpaired) electrons. The summed E-state index contributed by atoms with van der Waals surface area (Å²) in [6.07, 6.45) is 2.59. The topological polar surface area (TPSA) is 77.6 Å². The van der Waals surface area contributed by atoms with E-state index < -0.39 is 0 Å². The molecule has 1 atom stereocenters. The van der Waals surface area contributed by atoms with Crippen LogP contribution in [-0.4, -0.2) is 37.4 Å². The molecule has 1 N–H and O–H groups in total. The summed E-state index contributed by atoms with van der Waals surface area (Å²) in [5.41, 5.74) is 0.380.